The molecule has 1 N–H and O–H groups in total. The predicted octanol–water partition coefficient (Wildman–Crippen LogP) is 5.75. The summed E-state index contributed by atoms with van der Waals surface area (Å²) >= 11 is 6.18. The Morgan fingerprint density at radius 3 is 2.68 bits per heavy atom. The van der Waals surface area contributed by atoms with Crippen molar-refractivity contribution in [1.29, 1.82) is 0 Å². The molecule has 1 aliphatic rings. The SMILES string of the molecule is Cc1c(Cl)cccc1-c1ccc(CNC2CCCCC2)o1.Cl. The highest BCUT2D eigenvalue weighted by Gasteiger charge is 2.14. The highest BCUT2D eigenvalue weighted by Crippen LogP contribution is 2.29. The van der Waals surface area contributed by atoms with Gasteiger partial charge in [-0.25, -0.2) is 0 Å². The molecule has 0 spiro atoms. The number of benzene rings is 1. The molecule has 3 rings (SSSR count). The van der Waals surface area contributed by atoms with Gasteiger partial charge in [0.15, 0.2) is 0 Å². The second kappa shape index (κ2) is 8.05. The fraction of sp³-hybridized carbons (Fsp3) is 0.444. The lowest BCUT2D eigenvalue weighted by Crippen LogP contribution is -2.30. The zero-order valence-electron chi connectivity index (χ0n) is 12.9. The van der Waals surface area contributed by atoms with Gasteiger partial charge in [-0.2, -0.15) is 0 Å². The average molecular weight is 340 g/mol. The van der Waals surface area contributed by atoms with Crippen molar-refractivity contribution in [2.45, 2.75) is 51.6 Å². The number of halogens is 2. The maximum atomic E-state index is 6.18. The molecule has 0 radical (unpaired) electrons. The van der Waals surface area contributed by atoms with Crippen LogP contribution in [0.2, 0.25) is 5.02 Å². The first-order valence-corrected chi connectivity index (χ1v) is 8.19. The van der Waals surface area contributed by atoms with Gasteiger partial charge >= 0.3 is 0 Å². The smallest absolute Gasteiger partial charge is 0.134 e. The first-order chi connectivity index (χ1) is 10.2. The van der Waals surface area contributed by atoms with E-state index in [2.05, 4.69) is 17.4 Å². The van der Waals surface area contributed by atoms with E-state index < -0.39 is 0 Å². The van der Waals surface area contributed by atoms with Crippen molar-refractivity contribution in [2.75, 3.05) is 0 Å². The molecule has 2 nitrogen and oxygen atoms in total. The molecular formula is C18H23Cl2NO. The van der Waals surface area contributed by atoms with Gasteiger partial charge in [0.05, 0.1) is 6.54 Å². The molecule has 2 aromatic rings. The van der Waals surface area contributed by atoms with E-state index in [4.69, 9.17) is 16.0 Å². The normalized spacial score (nSPS) is 15.5. The molecule has 0 amide bonds. The molecule has 1 aromatic carbocycles. The monoisotopic (exact) mass is 339 g/mol. The number of furan rings is 1. The molecule has 1 fully saturated rings. The summed E-state index contributed by atoms with van der Waals surface area (Å²) in [5, 5.41) is 4.39. The standard InChI is InChI=1S/C18H22ClNO.ClH/c1-13-16(8-5-9-17(13)19)18-11-10-15(21-18)12-20-14-6-3-2-4-7-14;/h5,8-11,14,20H,2-4,6-7,12H2,1H3;1H. The van der Waals surface area contributed by atoms with Gasteiger partial charge in [-0.05, 0) is 43.5 Å². The van der Waals surface area contributed by atoms with Gasteiger partial charge < -0.3 is 9.73 Å². The van der Waals surface area contributed by atoms with Crippen LogP contribution in [0.1, 0.15) is 43.4 Å². The van der Waals surface area contributed by atoms with Gasteiger partial charge in [-0.3, -0.25) is 0 Å². The van der Waals surface area contributed by atoms with Crippen LogP contribution < -0.4 is 5.32 Å². The molecule has 0 atom stereocenters. The second-order valence-electron chi connectivity index (χ2n) is 5.89. The zero-order chi connectivity index (χ0) is 14.7. The van der Waals surface area contributed by atoms with Gasteiger partial charge in [-0.1, -0.05) is 43.0 Å². The van der Waals surface area contributed by atoms with Crippen LogP contribution >= 0.6 is 24.0 Å². The van der Waals surface area contributed by atoms with Gasteiger partial charge in [0, 0.05) is 16.6 Å². The molecule has 120 valence electrons. The largest absolute Gasteiger partial charge is 0.460 e. The van der Waals surface area contributed by atoms with E-state index >= 15 is 0 Å². The lowest BCUT2D eigenvalue weighted by atomic mass is 9.95. The molecule has 0 aliphatic heterocycles. The van der Waals surface area contributed by atoms with Gasteiger partial charge in [0.2, 0.25) is 0 Å². The van der Waals surface area contributed by atoms with Crippen LogP contribution in [0.25, 0.3) is 11.3 Å². The first kappa shape index (κ1) is 17.4. The van der Waals surface area contributed by atoms with Crippen LogP contribution in [-0.2, 0) is 6.54 Å². The summed E-state index contributed by atoms with van der Waals surface area (Å²) < 4.78 is 5.98. The molecule has 4 heteroatoms. The van der Waals surface area contributed by atoms with Crippen molar-refractivity contribution in [1.82, 2.24) is 5.32 Å². The van der Waals surface area contributed by atoms with E-state index in [0.717, 1.165) is 34.2 Å². The van der Waals surface area contributed by atoms with Crippen LogP contribution in [0.15, 0.2) is 34.7 Å². The van der Waals surface area contributed by atoms with Crippen LogP contribution in [0.5, 0.6) is 0 Å². The van der Waals surface area contributed by atoms with E-state index in [1.165, 1.54) is 32.1 Å². The van der Waals surface area contributed by atoms with Crippen molar-refractivity contribution in [3.05, 3.63) is 46.7 Å². The molecule has 22 heavy (non-hydrogen) atoms. The fourth-order valence-corrected chi connectivity index (χ4v) is 3.22. The first-order valence-electron chi connectivity index (χ1n) is 7.81. The zero-order valence-corrected chi connectivity index (χ0v) is 14.5. The molecule has 1 aliphatic carbocycles. The molecule has 0 unspecified atom stereocenters. The highest BCUT2D eigenvalue weighted by atomic mass is 35.5. The number of hydrogen-bond donors (Lipinski definition) is 1. The summed E-state index contributed by atoms with van der Waals surface area (Å²) in [5.74, 6) is 1.89. The Bertz CT molecular complexity index is 603. The summed E-state index contributed by atoms with van der Waals surface area (Å²) in [7, 11) is 0. The Labute approximate surface area is 143 Å². The molecule has 0 saturated heterocycles. The van der Waals surface area contributed by atoms with E-state index in [-0.39, 0.29) is 12.4 Å². The Morgan fingerprint density at radius 1 is 1.14 bits per heavy atom. The van der Waals surface area contributed by atoms with Crippen LogP contribution in [0.3, 0.4) is 0 Å². The quantitative estimate of drug-likeness (QED) is 0.766. The Kier molecular flexibility index (Phi) is 6.37. The Balaban J connectivity index is 0.00000176. The molecule has 1 aromatic heterocycles. The Morgan fingerprint density at radius 2 is 1.91 bits per heavy atom. The van der Waals surface area contributed by atoms with Gasteiger partial charge in [0.1, 0.15) is 11.5 Å². The van der Waals surface area contributed by atoms with Crippen molar-refractivity contribution in [2.24, 2.45) is 0 Å². The summed E-state index contributed by atoms with van der Waals surface area (Å²) in [6.45, 7) is 2.84. The van der Waals surface area contributed by atoms with Crippen molar-refractivity contribution in [3.63, 3.8) is 0 Å². The maximum Gasteiger partial charge on any atom is 0.134 e. The minimum absolute atomic E-state index is 0. The third kappa shape index (κ3) is 4.07. The predicted molar refractivity (Wildman–Crippen MR) is 94.9 cm³/mol. The Hall–Kier alpha value is -0.960. The summed E-state index contributed by atoms with van der Waals surface area (Å²) in [4.78, 5) is 0. The topological polar surface area (TPSA) is 25.2 Å². The third-order valence-electron chi connectivity index (χ3n) is 4.36. The summed E-state index contributed by atoms with van der Waals surface area (Å²) in [6, 6.07) is 10.7. The van der Waals surface area contributed by atoms with Gasteiger partial charge in [0.25, 0.3) is 0 Å². The van der Waals surface area contributed by atoms with E-state index in [0.29, 0.717) is 6.04 Å². The van der Waals surface area contributed by atoms with Gasteiger partial charge in [-0.15, -0.1) is 12.4 Å². The minimum atomic E-state index is 0. The highest BCUT2D eigenvalue weighted by molar-refractivity contribution is 6.31. The summed E-state index contributed by atoms with van der Waals surface area (Å²) in [5.41, 5.74) is 2.15. The van der Waals surface area contributed by atoms with Crippen LogP contribution in [0.4, 0.5) is 0 Å². The van der Waals surface area contributed by atoms with Crippen molar-refractivity contribution >= 4 is 24.0 Å². The van der Waals surface area contributed by atoms with Crippen molar-refractivity contribution < 1.29 is 4.42 Å². The third-order valence-corrected chi connectivity index (χ3v) is 4.77. The van der Waals surface area contributed by atoms with E-state index in [1.54, 1.807) is 0 Å². The molecule has 0 bridgehead atoms. The number of rotatable bonds is 4. The van der Waals surface area contributed by atoms with E-state index in [9.17, 15) is 0 Å². The lowest BCUT2D eigenvalue weighted by molar-refractivity contribution is 0.358. The fourth-order valence-electron chi connectivity index (χ4n) is 3.04. The molecule has 1 saturated carbocycles. The van der Waals surface area contributed by atoms with Crippen LogP contribution in [-0.4, -0.2) is 6.04 Å². The number of nitrogens with one attached hydrogen (secondary N) is 1. The minimum Gasteiger partial charge on any atom is -0.460 e. The second-order valence-corrected chi connectivity index (χ2v) is 6.30. The molecule has 1 heterocycles. The molecular weight excluding hydrogens is 317 g/mol. The number of hydrogen-bond acceptors (Lipinski definition) is 2. The average Bonchev–Trinajstić information content (AvgIpc) is 2.98. The van der Waals surface area contributed by atoms with E-state index in [1.807, 2.05) is 25.1 Å². The van der Waals surface area contributed by atoms with Crippen molar-refractivity contribution in [3.8, 4) is 11.3 Å². The lowest BCUT2D eigenvalue weighted by Gasteiger charge is -2.22. The summed E-state index contributed by atoms with van der Waals surface area (Å²) in [6.07, 6.45) is 6.67. The maximum absolute atomic E-state index is 6.18. The van der Waals surface area contributed by atoms with Crippen LogP contribution in [0, 0.1) is 6.92 Å².